The standard InChI is InChI=1S/C23H22N4O2/c1-16-5-4-6-19(13-16)25-20(28)15-27-22(29)21(26-23(27)11-2-3-12-23)18-9-7-17(14-24)8-10-18/h4-10,13H,2-3,11-12,15H2,1H3,(H,25,28). The Morgan fingerprint density at radius 1 is 1.21 bits per heavy atom. The van der Waals surface area contributed by atoms with Gasteiger partial charge in [0.05, 0.1) is 11.6 Å². The highest BCUT2D eigenvalue weighted by Gasteiger charge is 2.49. The van der Waals surface area contributed by atoms with Crippen molar-refractivity contribution in [2.75, 3.05) is 11.9 Å². The lowest BCUT2D eigenvalue weighted by Crippen LogP contribution is -2.48. The molecule has 0 aromatic heterocycles. The molecule has 4 rings (SSSR count). The predicted octanol–water partition coefficient (Wildman–Crippen LogP) is 3.41. The first-order valence-corrected chi connectivity index (χ1v) is 9.80. The first kappa shape index (κ1) is 18.9. The molecule has 29 heavy (non-hydrogen) atoms. The number of aryl methyl sites for hydroxylation is 1. The molecule has 0 saturated heterocycles. The Kier molecular flexibility index (Phi) is 4.89. The van der Waals surface area contributed by atoms with E-state index in [1.54, 1.807) is 29.2 Å². The third kappa shape index (κ3) is 3.64. The molecule has 146 valence electrons. The molecule has 0 atom stereocenters. The topological polar surface area (TPSA) is 85.6 Å². The average molecular weight is 386 g/mol. The number of nitrogens with one attached hydrogen (secondary N) is 1. The highest BCUT2D eigenvalue weighted by molar-refractivity contribution is 6.47. The van der Waals surface area contributed by atoms with E-state index >= 15 is 0 Å². The molecule has 0 radical (unpaired) electrons. The molecule has 6 heteroatoms. The van der Waals surface area contributed by atoms with Crippen LogP contribution in [-0.2, 0) is 9.59 Å². The molecule has 2 aromatic rings. The molecule has 1 saturated carbocycles. The van der Waals surface area contributed by atoms with Crippen molar-refractivity contribution in [2.45, 2.75) is 38.3 Å². The zero-order chi connectivity index (χ0) is 20.4. The Hall–Kier alpha value is -3.46. The van der Waals surface area contributed by atoms with E-state index in [4.69, 9.17) is 10.3 Å². The van der Waals surface area contributed by atoms with Gasteiger partial charge in [0.15, 0.2) is 0 Å². The van der Waals surface area contributed by atoms with Crippen molar-refractivity contribution in [1.29, 1.82) is 5.26 Å². The quantitative estimate of drug-likeness (QED) is 0.874. The van der Waals surface area contributed by atoms with Crippen LogP contribution in [0.25, 0.3) is 0 Å². The summed E-state index contributed by atoms with van der Waals surface area (Å²) in [7, 11) is 0. The number of hydrogen-bond acceptors (Lipinski definition) is 4. The van der Waals surface area contributed by atoms with E-state index in [0.29, 0.717) is 16.8 Å². The van der Waals surface area contributed by atoms with Crippen molar-refractivity contribution >= 4 is 23.2 Å². The molecule has 1 aliphatic carbocycles. The Balaban J connectivity index is 1.57. The number of nitrogens with zero attached hydrogens (tertiary/aromatic N) is 3. The molecule has 1 fully saturated rings. The third-order valence-corrected chi connectivity index (χ3v) is 5.57. The summed E-state index contributed by atoms with van der Waals surface area (Å²) in [6.45, 7) is 1.93. The van der Waals surface area contributed by atoms with Crippen molar-refractivity contribution in [3.05, 3.63) is 65.2 Å². The van der Waals surface area contributed by atoms with Gasteiger partial charge >= 0.3 is 0 Å². The fourth-order valence-electron chi connectivity index (χ4n) is 4.13. The summed E-state index contributed by atoms with van der Waals surface area (Å²) in [5.74, 6) is -0.456. The van der Waals surface area contributed by atoms with Crippen LogP contribution in [0.5, 0.6) is 0 Å². The molecule has 1 heterocycles. The predicted molar refractivity (Wildman–Crippen MR) is 110 cm³/mol. The zero-order valence-corrected chi connectivity index (χ0v) is 16.3. The number of amides is 2. The summed E-state index contributed by atoms with van der Waals surface area (Å²) in [6.07, 6.45) is 3.48. The number of nitriles is 1. The van der Waals surface area contributed by atoms with Gasteiger partial charge in [-0.1, -0.05) is 24.3 Å². The minimum atomic E-state index is -0.635. The summed E-state index contributed by atoms with van der Waals surface area (Å²) < 4.78 is 0. The number of rotatable bonds is 4. The fraction of sp³-hybridized carbons (Fsp3) is 0.304. The van der Waals surface area contributed by atoms with E-state index in [-0.39, 0.29) is 18.4 Å². The van der Waals surface area contributed by atoms with Crippen molar-refractivity contribution in [1.82, 2.24) is 4.90 Å². The number of benzene rings is 2. The molecule has 2 aromatic carbocycles. The lowest BCUT2D eigenvalue weighted by Gasteiger charge is -2.32. The Morgan fingerprint density at radius 2 is 1.93 bits per heavy atom. The van der Waals surface area contributed by atoms with Crippen molar-refractivity contribution in [2.24, 2.45) is 4.99 Å². The van der Waals surface area contributed by atoms with Gasteiger partial charge in [-0.15, -0.1) is 0 Å². The Morgan fingerprint density at radius 3 is 2.59 bits per heavy atom. The second kappa shape index (κ2) is 7.51. The zero-order valence-electron chi connectivity index (χ0n) is 16.3. The Labute approximate surface area is 169 Å². The number of aliphatic imine (C=N–C) groups is 1. The summed E-state index contributed by atoms with van der Waals surface area (Å²) in [5, 5.41) is 11.9. The van der Waals surface area contributed by atoms with E-state index < -0.39 is 5.66 Å². The average Bonchev–Trinajstić information content (AvgIpc) is 3.29. The lowest BCUT2D eigenvalue weighted by molar-refractivity contribution is -0.132. The van der Waals surface area contributed by atoms with E-state index in [0.717, 1.165) is 36.9 Å². The summed E-state index contributed by atoms with van der Waals surface area (Å²) in [4.78, 5) is 32.3. The fourth-order valence-corrected chi connectivity index (χ4v) is 4.13. The normalized spacial score (nSPS) is 17.3. The van der Waals surface area contributed by atoms with Crippen LogP contribution >= 0.6 is 0 Å². The first-order chi connectivity index (χ1) is 14.0. The molecule has 1 N–H and O–H groups in total. The van der Waals surface area contributed by atoms with Gasteiger partial charge in [0.25, 0.3) is 5.91 Å². The van der Waals surface area contributed by atoms with E-state index in [1.165, 1.54) is 0 Å². The summed E-state index contributed by atoms with van der Waals surface area (Å²) in [6, 6.07) is 16.5. The molecule has 2 amide bonds. The van der Waals surface area contributed by atoms with Gasteiger partial charge in [-0.05, 0) is 62.4 Å². The second-order valence-corrected chi connectivity index (χ2v) is 7.65. The van der Waals surface area contributed by atoms with Gasteiger partial charge in [-0.3, -0.25) is 14.6 Å². The van der Waals surface area contributed by atoms with E-state index in [2.05, 4.69) is 11.4 Å². The van der Waals surface area contributed by atoms with Crippen LogP contribution in [0.4, 0.5) is 5.69 Å². The summed E-state index contributed by atoms with van der Waals surface area (Å²) in [5.41, 5.74) is 2.73. The largest absolute Gasteiger partial charge is 0.325 e. The van der Waals surface area contributed by atoms with Gasteiger partial charge < -0.3 is 10.2 Å². The molecule has 2 aliphatic rings. The lowest BCUT2D eigenvalue weighted by atomic mass is 10.1. The van der Waals surface area contributed by atoms with Crippen molar-refractivity contribution in [3.8, 4) is 6.07 Å². The van der Waals surface area contributed by atoms with Crippen LogP contribution in [-0.4, -0.2) is 34.6 Å². The maximum atomic E-state index is 13.2. The maximum absolute atomic E-state index is 13.2. The van der Waals surface area contributed by atoms with Crippen LogP contribution in [0.3, 0.4) is 0 Å². The highest BCUT2D eigenvalue weighted by Crippen LogP contribution is 2.41. The third-order valence-electron chi connectivity index (χ3n) is 5.57. The van der Waals surface area contributed by atoms with Crippen LogP contribution < -0.4 is 5.32 Å². The highest BCUT2D eigenvalue weighted by atomic mass is 16.2. The maximum Gasteiger partial charge on any atom is 0.275 e. The SMILES string of the molecule is Cc1cccc(NC(=O)CN2C(=O)C(c3ccc(C#N)cc3)=NC23CCCC3)c1. The van der Waals surface area contributed by atoms with E-state index in [1.807, 2.05) is 31.2 Å². The van der Waals surface area contributed by atoms with Gasteiger partial charge in [0, 0.05) is 11.3 Å². The monoisotopic (exact) mass is 386 g/mol. The molecule has 0 bridgehead atoms. The second-order valence-electron chi connectivity index (χ2n) is 7.65. The molecule has 6 nitrogen and oxygen atoms in total. The molecular weight excluding hydrogens is 364 g/mol. The number of carbonyl (C=O) groups is 2. The molecule has 1 aliphatic heterocycles. The number of hydrogen-bond donors (Lipinski definition) is 1. The number of carbonyl (C=O) groups excluding carboxylic acids is 2. The molecule has 1 spiro atoms. The number of anilines is 1. The van der Waals surface area contributed by atoms with Crippen LogP contribution in [0.15, 0.2) is 53.5 Å². The van der Waals surface area contributed by atoms with Crippen molar-refractivity contribution < 1.29 is 9.59 Å². The minimum Gasteiger partial charge on any atom is -0.325 e. The van der Waals surface area contributed by atoms with Crippen LogP contribution in [0, 0.1) is 18.3 Å². The smallest absolute Gasteiger partial charge is 0.275 e. The Bertz CT molecular complexity index is 1030. The van der Waals surface area contributed by atoms with Crippen LogP contribution in [0.2, 0.25) is 0 Å². The molecule has 0 unspecified atom stereocenters. The van der Waals surface area contributed by atoms with Gasteiger partial charge in [-0.2, -0.15) is 5.26 Å². The van der Waals surface area contributed by atoms with E-state index in [9.17, 15) is 9.59 Å². The van der Waals surface area contributed by atoms with Gasteiger partial charge in [0.2, 0.25) is 5.91 Å². The minimum absolute atomic E-state index is 0.0317. The first-order valence-electron chi connectivity index (χ1n) is 9.80. The summed E-state index contributed by atoms with van der Waals surface area (Å²) >= 11 is 0. The van der Waals surface area contributed by atoms with Crippen molar-refractivity contribution in [3.63, 3.8) is 0 Å². The molecular formula is C23H22N4O2. The van der Waals surface area contributed by atoms with Gasteiger partial charge in [0.1, 0.15) is 17.9 Å². The van der Waals surface area contributed by atoms with Crippen LogP contribution in [0.1, 0.15) is 42.4 Å². The van der Waals surface area contributed by atoms with Gasteiger partial charge in [-0.25, -0.2) is 0 Å².